The van der Waals surface area contributed by atoms with Crippen LogP contribution in [0, 0.1) is 0 Å². The van der Waals surface area contributed by atoms with Gasteiger partial charge in [0.05, 0.1) is 0 Å². The maximum absolute atomic E-state index is 2.26. The van der Waals surface area contributed by atoms with Crippen LogP contribution in [-0.4, -0.2) is 16.3 Å². The van der Waals surface area contributed by atoms with Gasteiger partial charge in [-0.2, -0.15) is 0 Å². The topological polar surface area (TPSA) is 0 Å². The molecule has 0 aliphatic rings. The molecule has 0 saturated carbocycles. The Labute approximate surface area is 62.6 Å². The molecule has 0 amide bonds. The standard InChI is InChI=1S/C7H15.Al.H2.2H/c1-3-5-7-6-4-2;;;;/h1,3-7H2,2H3;;1H;;. The van der Waals surface area contributed by atoms with Crippen LogP contribution in [0.15, 0.2) is 0 Å². The van der Waals surface area contributed by atoms with Gasteiger partial charge in [0.15, 0.2) is 0 Å². The van der Waals surface area contributed by atoms with Gasteiger partial charge in [0.1, 0.15) is 0 Å². The molecule has 0 aliphatic heterocycles. The summed E-state index contributed by atoms with van der Waals surface area (Å²) in [6.45, 7) is 2.26. The minimum absolute atomic E-state index is 0. The lowest BCUT2D eigenvalue weighted by atomic mass is 10.2. The van der Waals surface area contributed by atoms with E-state index < -0.39 is 0 Å². The highest BCUT2D eigenvalue weighted by Crippen LogP contribution is 2.02. The van der Waals surface area contributed by atoms with E-state index in [9.17, 15) is 0 Å². The quantitative estimate of drug-likeness (QED) is 0.395. The second-order valence-electron chi connectivity index (χ2n) is 2.41. The Hall–Kier alpha value is 0.532. The molecule has 0 aromatic heterocycles. The first-order valence-electron chi connectivity index (χ1n) is 3.91. The minimum Gasteiger partial charge on any atom is -0.101 e. The molecule has 0 aromatic rings. The molecular weight excluding hydrogens is 111 g/mol. The number of hydrogen-bond acceptors (Lipinski definition) is 0. The third-order valence-electron chi connectivity index (χ3n) is 1.46. The predicted molar refractivity (Wildman–Crippen MR) is 44.2 cm³/mol. The van der Waals surface area contributed by atoms with Crippen molar-refractivity contribution in [3.8, 4) is 0 Å². The molecule has 0 nitrogen and oxygen atoms in total. The molecular formula is C7H19Al. The van der Waals surface area contributed by atoms with Gasteiger partial charge in [-0.1, -0.05) is 39.0 Å². The van der Waals surface area contributed by atoms with Gasteiger partial charge >= 0.3 is 0 Å². The average molecular weight is 130 g/mol. The zero-order valence-electron chi connectivity index (χ0n) is 6.24. The number of unbranched alkanes of at least 4 members (excludes halogenated alkanes) is 4. The van der Waals surface area contributed by atoms with Crippen LogP contribution in [0.2, 0.25) is 5.28 Å². The summed E-state index contributed by atoms with van der Waals surface area (Å²) in [5.41, 5.74) is 0. The lowest BCUT2D eigenvalue weighted by Crippen LogP contribution is -1.75. The normalized spacial score (nSPS) is 9.62. The van der Waals surface area contributed by atoms with Gasteiger partial charge in [-0.15, -0.1) is 5.28 Å². The fourth-order valence-corrected chi connectivity index (χ4v) is 1.35. The Morgan fingerprint density at radius 1 is 1.12 bits per heavy atom. The zero-order valence-corrected chi connectivity index (χ0v) is 8.24. The molecule has 0 rings (SSSR count). The van der Waals surface area contributed by atoms with Gasteiger partial charge in [-0.3, -0.25) is 0 Å². The molecule has 50 valence electrons. The Morgan fingerprint density at radius 2 is 1.75 bits per heavy atom. The van der Waals surface area contributed by atoms with Crippen molar-refractivity contribution < 1.29 is 1.43 Å². The minimum atomic E-state index is 0. The van der Waals surface area contributed by atoms with Crippen LogP contribution in [0.25, 0.3) is 0 Å². The highest BCUT2D eigenvalue weighted by molar-refractivity contribution is 6.08. The smallest absolute Gasteiger partial charge is 0.101 e. The van der Waals surface area contributed by atoms with Crippen molar-refractivity contribution in [2.75, 3.05) is 0 Å². The van der Waals surface area contributed by atoms with Gasteiger partial charge in [-0.25, -0.2) is 0 Å². The molecule has 0 aliphatic carbocycles. The van der Waals surface area contributed by atoms with Crippen LogP contribution in [0.4, 0.5) is 0 Å². The lowest BCUT2D eigenvalue weighted by molar-refractivity contribution is 0.656. The van der Waals surface area contributed by atoms with Gasteiger partial charge < -0.3 is 0 Å². The Kier molecular flexibility index (Phi) is 8.03. The van der Waals surface area contributed by atoms with Crippen molar-refractivity contribution in [1.82, 2.24) is 0 Å². The lowest BCUT2D eigenvalue weighted by Gasteiger charge is -1.93. The van der Waals surface area contributed by atoms with Crippen molar-refractivity contribution in [3.05, 3.63) is 0 Å². The summed E-state index contributed by atoms with van der Waals surface area (Å²) in [5.74, 6) is 0. The molecule has 0 N–H and O–H groups in total. The maximum Gasteiger partial charge on any atom is 0.211 e. The van der Waals surface area contributed by atoms with Crippen LogP contribution in [0.1, 0.15) is 40.5 Å². The average Bonchev–Trinajstić information content (AvgIpc) is 1.81. The molecule has 0 bridgehead atoms. The number of rotatable bonds is 5. The Balaban J connectivity index is 0. The van der Waals surface area contributed by atoms with Crippen LogP contribution in [0.5, 0.6) is 0 Å². The van der Waals surface area contributed by atoms with Crippen molar-refractivity contribution in [1.29, 1.82) is 0 Å². The summed E-state index contributed by atoms with van der Waals surface area (Å²) in [6, 6.07) is 0. The van der Waals surface area contributed by atoms with Crippen LogP contribution < -0.4 is 0 Å². The van der Waals surface area contributed by atoms with Crippen molar-refractivity contribution in [2.24, 2.45) is 0 Å². The first kappa shape index (κ1) is 8.53. The molecule has 8 heavy (non-hydrogen) atoms. The van der Waals surface area contributed by atoms with E-state index in [1.54, 1.807) is 0 Å². The fraction of sp³-hybridized carbons (Fsp3) is 1.00. The van der Waals surface area contributed by atoms with Gasteiger partial charge in [-0.05, 0) is 0 Å². The monoisotopic (exact) mass is 130 g/mol. The van der Waals surface area contributed by atoms with E-state index in [2.05, 4.69) is 6.92 Å². The van der Waals surface area contributed by atoms with E-state index in [4.69, 9.17) is 0 Å². The van der Waals surface area contributed by atoms with Crippen molar-refractivity contribution in [3.63, 3.8) is 0 Å². The van der Waals surface area contributed by atoms with Crippen LogP contribution >= 0.6 is 0 Å². The van der Waals surface area contributed by atoms with Crippen molar-refractivity contribution in [2.45, 2.75) is 44.3 Å². The maximum atomic E-state index is 2.26. The van der Waals surface area contributed by atoms with Gasteiger partial charge in [0.2, 0.25) is 16.3 Å². The molecule has 0 aromatic carbocycles. The van der Waals surface area contributed by atoms with E-state index in [-0.39, 0.29) is 1.43 Å². The van der Waals surface area contributed by atoms with E-state index >= 15 is 0 Å². The molecule has 0 fully saturated rings. The van der Waals surface area contributed by atoms with E-state index in [0.29, 0.717) is 0 Å². The molecule has 0 radical (unpaired) electrons. The summed E-state index contributed by atoms with van der Waals surface area (Å²) >= 11 is 1.41. The Bertz CT molecular complexity index is 33.9. The Morgan fingerprint density at radius 3 is 2.25 bits per heavy atom. The number of hydrogen-bond donors (Lipinski definition) is 0. The first-order chi connectivity index (χ1) is 3.91. The highest BCUT2D eigenvalue weighted by Gasteiger charge is 1.83. The van der Waals surface area contributed by atoms with Crippen LogP contribution in [0.3, 0.4) is 0 Å². The summed E-state index contributed by atoms with van der Waals surface area (Å²) in [4.78, 5) is 0. The molecule has 1 heteroatoms. The third-order valence-corrected chi connectivity index (χ3v) is 2.16. The molecule has 0 unspecified atom stereocenters. The van der Waals surface area contributed by atoms with Gasteiger partial charge in [0, 0.05) is 1.43 Å². The summed E-state index contributed by atoms with van der Waals surface area (Å²) in [6.07, 6.45) is 7.27. The largest absolute Gasteiger partial charge is 0.211 e. The van der Waals surface area contributed by atoms with Crippen molar-refractivity contribution >= 4 is 16.3 Å². The molecule has 0 heterocycles. The first-order valence-corrected chi connectivity index (χ1v) is 5.33. The third kappa shape index (κ3) is 6.53. The highest BCUT2D eigenvalue weighted by atomic mass is 27.0. The molecule has 0 atom stereocenters. The van der Waals surface area contributed by atoms with E-state index in [1.165, 1.54) is 53.7 Å². The SMILES string of the molecule is CCCCCC[CH2][AlH2].[HH]. The molecule has 0 saturated heterocycles. The van der Waals surface area contributed by atoms with E-state index in [1.807, 2.05) is 0 Å². The summed E-state index contributed by atoms with van der Waals surface area (Å²) in [5, 5.41) is 1.50. The van der Waals surface area contributed by atoms with E-state index in [0.717, 1.165) is 0 Å². The second-order valence-corrected chi connectivity index (χ2v) is 3.41. The molecule has 0 spiro atoms. The second kappa shape index (κ2) is 7.53. The zero-order chi connectivity index (χ0) is 6.24. The van der Waals surface area contributed by atoms with Crippen LogP contribution in [-0.2, 0) is 0 Å². The fourth-order valence-electron chi connectivity index (χ4n) is 0.854. The predicted octanol–water partition coefficient (Wildman–Crippen LogP) is 2.25. The summed E-state index contributed by atoms with van der Waals surface area (Å²) in [7, 11) is 0. The van der Waals surface area contributed by atoms with Gasteiger partial charge in [0.25, 0.3) is 0 Å². The summed E-state index contributed by atoms with van der Waals surface area (Å²) < 4.78 is 0.